The molecule has 1 rings (SSSR count). The van der Waals surface area contributed by atoms with Gasteiger partial charge in [0.05, 0.1) is 0 Å². The first-order valence-corrected chi connectivity index (χ1v) is 6.01. The third-order valence-corrected chi connectivity index (χ3v) is 2.78. The Balaban J connectivity index is 2.90. The first-order valence-electron chi connectivity index (χ1n) is 6.01. The smallest absolute Gasteiger partial charge is 0.130 e. The molecule has 3 nitrogen and oxygen atoms in total. The van der Waals surface area contributed by atoms with Crippen LogP contribution in [0.1, 0.15) is 39.5 Å². The van der Waals surface area contributed by atoms with Crippen LogP contribution in [0, 0.1) is 16.7 Å². The Morgan fingerprint density at radius 3 is 2.38 bits per heavy atom. The van der Waals surface area contributed by atoms with E-state index in [9.17, 15) is 0 Å². The van der Waals surface area contributed by atoms with Gasteiger partial charge in [0, 0.05) is 12.1 Å². The SMILES string of the molecule is CCCC(CCC)C(=N)n1ccccc1=N. The number of rotatable bonds is 5. The number of nitrogens with one attached hydrogen (secondary N) is 2. The Hall–Kier alpha value is -1.38. The Bertz CT molecular complexity index is 386. The number of nitrogens with zero attached hydrogens (tertiary/aromatic N) is 1. The summed E-state index contributed by atoms with van der Waals surface area (Å²) >= 11 is 0. The van der Waals surface area contributed by atoms with Crippen LogP contribution in [-0.4, -0.2) is 10.4 Å². The summed E-state index contributed by atoms with van der Waals surface area (Å²) in [7, 11) is 0. The number of hydrogen-bond acceptors (Lipinski definition) is 2. The van der Waals surface area contributed by atoms with Crippen LogP contribution in [0.5, 0.6) is 0 Å². The first kappa shape index (κ1) is 12.7. The van der Waals surface area contributed by atoms with E-state index in [1.54, 1.807) is 10.6 Å². The van der Waals surface area contributed by atoms with Crippen molar-refractivity contribution in [2.45, 2.75) is 39.5 Å². The van der Waals surface area contributed by atoms with Gasteiger partial charge >= 0.3 is 0 Å². The largest absolute Gasteiger partial charge is 0.290 e. The van der Waals surface area contributed by atoms with Crippen LogP contribution in [0.2, 0.25) is 0 Å². The zero-order valence-corrected chi connectivity index (χ0v) is 10.2. The molecule has 0 spiro atoms. The summed E-state index contributed by atoms with van der Waals surface area (Å²) in [6.45, 7) is 4.29. The Labute approximate surface area is 97.2 Å². The fourth-order valence-electron chi connectivity index (χ4n) is 1.96. The van der Waals surface area contributed by atoms with Crippen LogP contribution in [0.15, 0.2) is 24.4 Å². The molecule has 0 radical (unpaired) electrons. The van der Waals surface area contributed by atoms with Gasteiger partial charge in [0.2, 0.25) is 0 Å². The van der Waals surface area contributed by atoms with Crippen molar-refractivity contribution in [3.05, 3.63) is 29.9 Å². The molecule has 0 aliphatic heterocycles. The highest BCUT2D eigenvalue weighted by Crippen LogP contribution is 2.15. The van der Waals surface area contributed by atoms with Gasteiger partial charge in [-0.25, -0.2) is 0 Å². The minimum Gasteiger partial charge on any atom is -0.290 e. The highest BCUT2D eigenvalue weighted by molar-refractivity contribution is 5.83. The van der Waals surface area contributed by atoms with Gasteiger partial charge in [-0.1, -0.05) is 32.8 Å². The van der Waals surface area contributed by atoms with E-state index in [4.69, 9.17) is 10.8 Å². The number of pyridine rings is 1. The first-order chi connectivity index (χ1) is 7.70. The highest BCUT2D eigenvalue weighted by atomic mass is 15.0. The lowest BCUT2D eigenvalue weighted by Crippen LogP contribution is -2.30. The number of hydrogen-bond donors (Lipinski definition) is 2. The second kappa shape index (κ2) is 6.26. The van der Waals surface area contributed by atoms with Gasteiger partial charge in [0.25, 0.3) is 0 Å². The van der Waals surface area contributed by atoms with Crippen molar-refractivity contribution in [1.29, 1.82) is 10.8 Å². The second-order valence-electron chi connectivity index (χ2n) is 4.12. The third-order valence-electron chi connectivity index (χ3n) is 2.78. The minimum absolute atomic E-state index is 0.284. The highest BCUT2D eigenvalue weighted by Gasteiger charge is 2.14. The molecule has 0 aliphatic rings. The zero-order valence-electron chi connectivity index (χ0n) is 10.2. The van der Waals surface area contributed by atoms with Gasteiger partial charge < -0.3 is 0 Å². The molecule has 1 heterocycles. The number of aromatic nitrogens is 1. The monoisotopic (exact) mass is 219 g/mol. The molecule has 0 aliphatic carbocycles. The van der Waals surface area contributed by atoms with Gasteiger partial charge in [-0.2, -0.15) is 0 Å². The second-order valence-corrected chi connectivity index (χ2v) is 4.12. The lowest BCUT2D eigenvalue weighted by molar-refractivity contribution is 0.542. The van der Waals surface area contributed by atoms with E-state index >= 15 is 0 Å². The van der Waals surface area contributed by atoms with Gasteiger partial charge in [0.1, 0.15) is 11.3 Å². The van der Waals surface area contributed by atoms with Crippen molar-refractivity contribution >= 4 is 5.84 Å². The summed E-state index contributed by atoms with van der Waals surface area (Å²) in [5.41, 5.74) is 0.393. The van der Waals surface area contributed by atoms with Crippen molar-refractivity contribution in [3.8, 4) is 0 Å². The average Bonchev–Trinajstić information content (AvgIpc) is 2.28. The van der Waals surface area contributed by atoms with Gasteiger partial charge in [-0.05, 0) is 25.0 Å². The normalized spacial score (nSPS) is 10.7. The summed E-state index contributed by atoms with van der Waals surface area (Å²) < 4.78 is 1.68. The average molecular weight is 219 g/mol. The molecule has 0 atom stereocenters. The predicted molar refractivity (Wildman–Crippen MR) is 66.7 cm³/mol. The van der Waals surface area contributed by atoms with Gasteiger partial charge in [0.15, 0.2) is 0 Å². The Kier molecular flexibility index (Phi) is 4.96. The maximum atomic E-state index is 8.18. The van der Waals surface area contributed by atoms with E-state index < -0.39 is 0 Å². The summed E-state index contributed by atoms with van der Waals surface area (Å²) in [4.78, 5) is 0. The standard InChI is InChI=1S/C13H21N3/c1-3-7-11(8-4-2)13(15)16-10-6-5-9-12(16)14/h5-6,9-11,14-15H,3-4,7-8H2,1-2H3. The quantitative estimate of drug-likeness (QED) is 0.565. The lowest BCUT2D eigenvalue weighted by atomic mass is 9.97. The molecule has 2 N–H and O–H groups in total. The molecule has 0 saturated carbocycles. The van der Waals surface area contributed by atoms with E-state index in [0.717, 1.165) is 25.7 Å². The lowest BCUT2D eigenvalue weighted by Gasteiger charge is -2.18. The molecule has 0 fully saturated rings. The van der Waals surface area contributed by atoms with Gasteiger partial charge in [-0.3, -0.25) is 15.4 Å². The molecule has 1 aromatic rings. The molecule has 0 aromatic carbocycles. The molecular formula is C13H21N3. The molecule has 1 aromatic heterocycles. The Morgan fingerprint density at radius 2 is 1.88 bits per heavy atom. The van der Waals surface area contributed by atoms with Crippen molar-refractivity contribution in [1.82, 2.24) is 4.57 Å². The van der Waals surface area contributed by atoms with E-state index in [-0.39, 0.29) is 5.92 Å². The molecular weight excluding hydrogens is 198 g/mol. The van der Waals surface area contributed by atoms with E-state index in [2.05, 4.69) is 13.8 Å². The summed E-state index contributed by atoms with van der Waals surface area (Å²) in [6, 6.07) is 5.44. The summed E-state index contributed by atoms with van der Waals surface area (Å²) in [6.07, 6.45) is 6.06. The fraction of sp³-hybridized carbons (Fsp3) is 0.538. The fourth-order valence-corrected chi connectivity index (χ4v) is 1.96. The molecule has 16 heavy (non-hydrogen) atoms. The molecule has 0 unspecified atom stereocenters. The summed E-state index contributed by atoms with van der Waals surface area (Å²) in [5, 5.41) is 16.0. The van der Waals surface area contributed by atoms with E-state index in [1.807, 2.05) is 18.3 Å². The van der Waals surface area contributed by atoms with Crippen LogP contribution in [-0.2, 0) is 0 Å². The van der Waals surface area contributed by atoms with Crippen molar-refractivity contribution in [3.63, 3.8) is 0 Å². The Morgan fingerprint density at radius 1 is 1.25 bits per heavy atom. The van der Waals surface area contributed by atoms with Crippen LogP contribution >= 0.6 is 0 Å². The molecule has 3 heteroatoms. The molecule has 0 saturated heterocycles. The minimum atomic E-state index is 0.284. The maximum absolute atomic E-state index is 8.18. The third kappa shape index (κ3) is 3.05. The molecule has 0 bridgehead atoms. The van der Waals surface area contributed by atoms with Crippen molar-refractivity contribution in [2.75, 3.05) is 0 Å². The van der Waals surface area contributed by atoms with Crippen LogP contribution < -0.4 is 5.49 Å². The molecule has 88 valence electrons. The maximum Gasteiger partial charge on any atom is 0.130 e. The van der Waals surface area contributed by atoms with Crippen molar-refractivity contribution < 1.29 is 0 Å². The van der Waals surface area contributed by atoms with E-state index in [0.29, 0.717) is 11.3 Å². The predicted octanol–water partition coefficient (Wildman–Crippen LogP) is 3.01. The van der Waals surface area contributed by atoms with Crippen LogP contribution in [0.3, 0.4) is 0 Å². The zero-order chi connectivity index (χ0) is 12.0. The van der Waals surface area contributed by atoms with Crippen LogP contribution in [0.25, 0.3) is 0 Å². The van der Waals surface area contributed by atoms with Crippen molar-refractivity contribution in [2.24, 2.45) is 5.92 Å². The summed E-state index contributed by atoms with van der Waals surface area (Å²) in [5.74, 6) is 0.848. The van der Waals surface area contributed by atoms with Crippen LogP contribution in [0.4, 0.5) is 0 Å². The topological polar surface area (TPSA) is 52.6 Å². The van der Waals surface area contributed by atoms with E-state index in [1.165, 1.54) is 0 Å². The van der Waals surface area contributed by atoms with Gasteiger partial charge in [-0.15, -0.1) is 0 Å². The molecule has 0 amide bonds.